The average molecular weight is 446 g/mol. The molecule has 2 aromatic carbocycles. The van der Waals surface area contributed by atoms with E-state index in [2.05, 4.69) is 5.32 Å². The van der Waals surface area contributed by atoms with Crippen molar-refractivity contribution in [1.29, 1.82) is 0 Å². The second-order valence-corrected chi connectivity index (χ2v) is 9.28. The van der Waals surface area contributed by atoms with Crippen LogP contribution in [0.4, 0.5) is 5.69 Å². The lowest BCUT2D eigenvalue weighted by atomic mass is 10.1. The van der Waals surface area contributed by atoms with Gasteiger partial charge in [0.05, 0.1) is 11.9 Å². The topological polar surface area (TPSA) is 86.8 Å². The van der Waals surface area contributed by atoms with Crippen molar-refractivity contribution in [3.63, 3.8) is 0 Å². The summed E-state index contributed by atoms with van der Waals surface area (Å²) in [6, 6.07) is 15.4. The Bertz CT molecular complexity index is 993. The average Bonchev–Trinajstić information content (AvgIpc) is 2.73. The summed E-state index contributed by atoms with van der Waals surface area (Å²) in [5.41, 5.74) is 2.30. The molecule has 0 heterocycles. The first-order valence-electron chi connectivity index (χ1n) is 10.3. The van der Waals surface area contributed by atoms with Crippen molar-refractivity contribution in [3.8, 4) is 0 Å². The van der Waals surface area contributed by atoms with Gasteiger partial charge in [0.25, 0.3) is 0 Å². The van der Waals surface area contributed by atoms with Crippen molar-refractivity contribution in [3.05, 3.63) is 65.7 Å². The smallest absolute Gasteiger partial charge is 0.244 e. The number of para-hydroxylation sites is 1. The summed E-state index contributed by atoms with van der Waals surface area (Å²) in [7, 11) is -3.71. The highest BCUT2D eigenvalue weighted by atomic mass is 32.2. The Hall–Kier alpha value is -2.87. The van der Waals surface area contributed by atoms with Crippen LogP contribution in [0.25, 0.3) is 0 Å². The zero-order chi connectivity index (χ0) is 23.0. The number of anilines is 1. The van der Waals surface area contributed by atoms with Gasteiger partial charge in [-0.25, -0.2) is 8.42 Å². The minimum Gasteiger partial charge on any atom is -0.355 e. The predicted molar refractivity (Wildman–Crippen MR) is 123 cm³/mol. The Morgan fingerprint density at radius 1 is 1.00 bits per heavy atom. The molecule has 0 bridgehead atoms. The van der Waals surface area contributed by atoms with Crippen LogP contribution >= 0.6 is 0 Å². The number of aryl methyl sites for hydroxylation is 1. The highest BCUT2D eigenvalue weighted by Gasteiger charge is 2.31. The van der Waals surface area contributed by atoms with E-state index in [-0.39, 0.29) is 19.0 Å². The zero-order valence-electron chi connectivity index (χ0n) is 18.5. The van der Waals surface area contributed by atoms with Gasteiger partial charge >= 0.3 is 0 Å². The molecular formula is C23H31N3O4S. The first-order chi connectivity index (χ1) is 14.7. The third-order valence-corrected chi connectivity index (χ3v) is 6.20. The number of sulfonamides is 1. The number of likely N-dealkylation sites (N-methyl/N-ethyl adjacent to an activating group) is 1. The van der Waals surface area contributed by atoms with Gasteiger partial charge in [0.1, 0.15) is 12.6 Å². The highest BCUT2D eigenvalue weighted by molar-refractivity contribution is 7.92. The quantitative estimate of drug-likeness (QED) is 0.609. The standard InChI is InChI=1S/C23H31N3O4S/c1-5-21(23(28)24-6-2)25(16-19-13-11-10-12-18(19)3)22(27)17-26(31(4,29)30)20-14-8-7-9-15-20/h7-15,21H,5-6,16-17H2,1-4H3,(H,24,28)/t21-/m0/s1. The van der Waals surface area contributed by atoms with E-state index in [9.17, 15) is 18.0 Å². The van der Waals surface area contributed by atoms with Crippen LogP contribution < -0.4 is 9.62 Å². The Kier molecular flexibility index (Phi) is 8.62. The first-order valence-corrected chi connectivity index (χ1v) is 12.2. The Balaban J connectivity index is 2.42. The Morgan fingerprint density at radius 2 is 1.61 bits per heavy atom. The SMILES string of the molecule is CCNC(=O)[C@H](CC)N(Cc1ccccc1C)C(=O)CN(c1ccccc1)S(C)(=O)=O. The minimum absolute atomic E-state index is 0.216. The van der Waals surface area contributed by atoms with E-state index < -0.39 is 22.0 Å². The molecule has 2 amide bonds. The molecule has 8 heteroatoms. The third kappa shape index (κ3) is 6.55. The fraction of sp³-hybridized carbons (Fsp3) is 0.391. The number of nitrogens with one attached hydrogen (secondary N) is 1. The maximum Gasteiger partial charge on any atom is 0.244 e. The van der Waals surface area contributed by atoms with E-state index in [0.29, 0.717) is 18.7 Å². The van der Waals surface area contributed by atoms with Crippen LogP contribution in [0.1, 0.15) is 31.4 Å². The summed E-state index contributed by atoms with van der Waals surface area (Å²) in [5.74, 6) is -0.687. The van der Waals surface area contributed by atoms with Gasteiger partial charge < -0.3 is 10.2 Å². The van der Waals surface area contributed by atoms with Crippen LogP contribution in [0.5, 0.6) is 0 Å². The van der Waals surface area contributed by atoms with E-state index in [4.69, 9.17) is 0 Å². The molecule has 0 aliphatic carbocycles. The van der Waals surface area contributed by atoms with E-state index in [1.54, 1.807) is 30.3 Å². The summed E-state index contributed by atoms with van der Waals surface area (Å²) in [6.45, 7) is 5.87. The summed E-state index contributed by atoms with van der Waals surface area (Å²) in [5, 5.41) is 2.78. The first kappa shape index (κ1) is 24.4. The number of hydrogen-bond donors (Lipinski definition) is 1. The molecule has 31 heavy (non-hydrogen) atoms. The molecular weight excluding hydrogens is 414 g/mol. The molecule has 0 radical (unpaired) electrons. The fourth-order valence-corrected chi connectivity index (χ4v) is 4.24. The third-order valence-electron chi connectivity index (χ3n) is 5.06. The molecule has 168 valence electrons. The van der Waals surface area contributed by atoms with E-state index in [1.807, 2.05) is 45.0 Å². The number of carbonyl (C=O) groups is 2. The van der Waals surface area contributed by atoms with Crippen molar-refractivity contribution in [1.82, 2.24) is 10.2 Å². The van der Waals surface area contributed by atoms with Crippen LogP contribution in [0.2, 0.25) is 0 Å². The molecule has 0 saturated carbocycles. The molecule has 0 spiro atoms. The van der Waals surface area contributed by atoms with E-state index in [1.165, 1.54) is 4.90 Å². The van der Waals surface area contributed by atoms with Crippen molar-refractivity contribution in [2.24, 2.45) is 0 Å². The van der Waals surface area contributed by atoms with E-state index >= 15 is 0 Å². The van der Waals surface area contributed by atoms with Crippen LogP contribution in [0.3, 0.4) is 0 Å². The molecule has 2 aromatic rings. The number of hydrogen-bond acceptors (Lipinski definition) is 4. The summed E-state index contributed by atoms with van der Waals surface area (Å²) < 4.78 is 26.0. The lowest BCUT2D eigenvalue weighted by Crippen LogP contribution is -2.52. The Morgan fingerprint density at radius 3 is 2.16 bits per heavy atom. The van der Waals surface area contributed by atoms with Gasteiger partial charge in [-0.3, -0.25) is 13.9 Å². The molecule has 0 aromatic heterocycles. The van der Waals surface area contributed by atoms with Gasteiger partial charge in [-0.1, -0.05) is 49.4 Å². The Labute approximate surface area is 185 Å². The van der Waals surface area contributed by atoms with Crippen molar-refractivity contribution >= 4 is 27.5 Å². The molecule has 0 fully saturated rings. The van der Waals surface area contributed by atoms with Crippen LogP contribution in [-0.2, 0) is 26.2 Å². The van der Waals surface area contributed by atoms with Crippen molar-refractivity contribution < 1.29 is 18.0 Å². The summed E-state index contributed by atoms with van der Waals surface area (Å²) >= 11 is 0. The second kappa shape index (κ2) is 10.9. The van der Waals surface area contributed by atoms with Gasteiger partial charge in [0, 0.05) is 13.1 Å². The highest BCUT2D eigenvalue weighted by Crippen LogP contribution is 2.20. The molecule has 1 N–H and O–H groups in total. The van der Waals surface area contributed by atoms with E-state index in [0.717, 1.165) is 21.7 Å². The van der Waals surface area contributed by atoms with Gasteiger partial charge in [-0.15, -0.1) is 0 Å². The number of nitrogens with zero attached hydrogens (tertiary/aromatic N) is 2. The summed E-state index contributed by atoms with van der Waals surface area (Å²) in [4.78, 5) is 27.6. The van der Waals surface area contributed by atoms with Crippen LogP contribution in [0, 0.1) is 6.92 Å². The minimum atomic E-state index is -3.71. The molecule has 0 aliphatic rings. The van der Waals surface area contributed by atoms with Crippen molar-refractivity contribution in [2.45, 2.75) is 39.8 Å². The summed E-state index contributed by atoms with van der Waals surface area (Å²) in [6.07, 6.45) is 1.48. The number of amides is 2. The molecule has 1 atom stereocenters. The molecule has 2 rings (SSSR count). The van der Waals surface area contributed by atoms with Gasteiger partial charge in [-0.2, -0.15) is 0 Å². The number of benzene rings is 2. The lowest BCUT2D eigenvalue weighted by Gasteiger charge is -2.33. The van der Waals surface area contributed by atoms with Gasteiger partial charge in [0.15, 0.2) is 0 Å². The maximum absolute atomic E-state index is 13.4. The molecule has 0 saturated heterocycles. The van der Waals surface area contributed by atoms with Gasteiger partial charge in [-0.05, 0) is 43.5 Å². The monoisotopic (exact) mass is 445 g/mol. The van der Waals surface area contributed by atoms with Gasteiger partial charge in [0.2, 0.25) is 21.8 Å². The number of rotatable bonds is 10. The second-order valence-electron chi connectivity index (χ2n) is 7.37. The fourth-order valence-electron chi connectivity index (χ4n) is 3.39. The molecule has 0 unspecified atom stereocenters. The van der Waals surface area contributed by atoms with Crippen LogP contribution in [0.15, 0.2) is 54.6 Å². The zero-order valence-corrected chi connectivity index (χ0v) is 19.4. The lowest BCUT2D eigenvalue weighted by molar-refractivity contribution is -0.140. The normalized spacial score (nSPS) is 12.1. The van der Waals surface area contributed by atoms with Crippen LogP contribution in [-0.4, -0.2) is 50.5 Å². The largest absolute Gasteiger partial charge is 0.355 e. The maximum atomic E-state index is 13.4. The molecule has 7 nitrogen and oxygen atoms in total. The predicted octanol–water partition coefficient (Wildman–Crippen LogP) is 2.70. The van der Waals surface area contributed by atoms with Crippen molar-refractivity contribution in [2.75, 3.05) is 23.7 Å². The number of carbonyl (C=O) groups excluding carboxylic acids is 2. The molecule has 0 aliphatic heterocycles.